The van der Waals surface area contributed by atoms with E-state index in [1.54, 1.807) is 24.3 Å². The van der Waals surface area contributed by atoms with E-state index in [-0.39, 0.29) is 23.8 Å². The van der Waals surface area contributed by atoms with Crippen LogP contribution in [0.15, 0.2) is 48.5 Å². The fourth-order valence-electron chi connectivity index (χ4n) is 4.75. The molecule has 0 saturated carbocycles. The molecule has 0 aromatic heterocycles. The Morgan fingerprint density at radius 1 is 0.926 bits per heavy atom. The molecule has 3 atom stereocenters. The van der Waals surface area contributed by atoms with Crippen molar-refractivity contribution in [1.29, 1.82) is 0 Å². The first-order valence-corrected chi connectivity index (χ1v) is 9.67. The average molecular weight is 382 g/mol. The second kappa shape index (κ2) is 6.16. The van der Waals surface area contributed by atoms with Crippen LogP contribution in [0.2, 0.25) is 5.02 Å². The van der Waals surface area contributed by atoms with E-state index in [0.29, 0.717) is 10.7 Å². The van der Waals surface area contributed by atoms with E-state index >= 15 is 0 Å². The molecule has 0 bridgehead atoms. The number of benzene rings is 2. The second-order valence-corrected chi connectivity index (χ2v) is 7.93. The molecular formula is C21H20ClN3O2. The summed E-state index contributed by atoms with van der Waals surface area (Å²) in [7, 11) is 0. The normalized spacial score (nSPS) is 28.1. The summed E-state index contributed by atoms with van der Waals surface area (Å²) in [5, 5.41) is 4.86. The Labute approximate surface area is 163 Å². The summed E-state index contributed by atoms with van der Waals surface area (Å²) in [4.78, 5) is 28.0. The lowest BCUT2D eigenvalue weighted by molar-refractivity contribution is -0.126. The molecule has 3 saturated heterocycles. The molecule has 0 N–H and O–H groups in total. The minimum Gasteiger partial charge on any atom is -0.274 e. The van der Waals surface area contributed by atoms with E-state index in [1.807, 2.05) is 0 Å². The van der Waals surface area contributed by atoms with Gasteiger partial charge in [0.2, 0.25) is 5.91 Å². The number of hydrogen-bond acceptors (Lipinski definition) is 4. The lowest BCUT2D eigenvalue weighted by Crippen LogP contribution is -2.44. The molecule has 5 rings (SSSR count). The summed E-state index contributed by atoms with van der Waals surface area (Å²) in [6.07, 6.45) is 1.00. The van der Waals surface area contributed by atoms with Crippen molar-refractivity contribution in [2.45, 2.75) is 25.4 Å². The van der Waals surface area contributed by atoms with Crippen LogP contribution in [0.3, 0.4) is 0 Å². The molecule has 0 spiro atoms. The van der Waals surface area contributed by atoms with Crippen molar-refractivity contribution in [1.82, 2.24) is 10.0 Å². The highest BCUT2D eigenvalue weighted by Crippen LogP contribution is 2.48. The second-order valence-electron chi connectivity index (χ2n) is 7.50. The van der Waals surface area contributed by atoms with Crippen LogP contribution >= 0.6 is 11.6 Å². The zero-order chi connectivity index (χ0) is 18.7. The fraction of sp³-hybridized carbons (Fsp3) is 0.333. The number of nitrogens with zero attached hydrogens (tertiary/aromatic N) is 3. The first kappa shape index (κ1) is 16.9. The number of rotatable bonds is 2. The number of carbonyl (C=O) groups is 2. The molecule has 0 aliphatic carbocycles. The highest BCUT2D eigenvalue weighted by Gasteiger charge is 2.62. The molecular weight excluding hydrogens is 362 g/mol. The van der Waals surface area contributed by atoms with Crippen LogP contribution < -0.4 is 4.90 Å². The third-order valence-electron chi connectivity index (χ3n) is 5.89. The van der Waals surface area contributed by atoms with Crippen molar-refractivity contribution >= 4 is 29.1 Å². The van der Waals surface area contributed by atoms with Crippen molar-refractivity contribution in [2.24, 2.45) is 5.92 Å². The van der Waals surface area contributed by atoms with Gasteiger partial charge in [-0.2, -0.15) is 0 Å². The SMILES string of the molecule is Cc1ccc([C@H]2[C@H]3C(=O)N(c4cccc(Cl)c4)C(=O)[C@@H]3N3CCCN23)cc1. The largest absolute Gasteiger partial charge is 0.274 e. The monoisotopic (exact) mass is 381 g/mol. The molecule has 2 aromatic rings. The lowest BCUT2D eigenvalue weighted by atomic mass is 9.89. The maximum Gasteiger partial charge on any atom is 0.253 e. The summed E-state index contributed by atoms with van der Waals surface area (Å²) in [6.45, 7) is 3.74. The van der Waals surface area contributed by atoms with E-state index in [9.17, 15) is 9.59 Å². The van der Waals surface area contributed by atoms with Gasteiger partial charge in [0.25, 0.3) is 5.91 Å². The van der Waals surface area contributed by atoms with Gasteiger partial charge in [-0.1, -0.05) is 47.5 Å². The Kier molecular flexibility index (Phi) is 3.86. The molecule has 3 heterocycles. The summed E-state index contributed by atoms with van der Waals surface area (Å²) in [5.74, 6) is -0.666. The molecule has 0 unspecified atom stereocenters. The van der Waals surface area contributed by atoms with Gasteiger partial charge in [0.1, 0.15) is 6.04 Å². The van der Waals surface area contributed by atoms with Crippen LogP contribution in [0, 0.1) is 12.8 Å². The first-order valence-electron chi connectivity index (χ1n) is 9.29. The molecule has 3 fully saturated rings. The van der Waals surface area contributed by atoms with Crippen molar-refractivity contribution < 1.29 is 9.59 Å². The predicted molar refractivity (Wildman–Crippen MR) is 103 cm³/mol. The maximum absolute atomic E-state index is 13.4. The molecule has 3 aliphatic heterocycles. The van der Waals surface area contributed by atoms with Gasteiger partial charge in [-0.3, -0.25) is 9.59 Å². The van der Waals surface area contributed by atoms with Crippen molar-refractivity contribution in [3.05, 3.63) is 64.7 Å². The Balaban J connectivity index is 1.59. The van der Waals surface area contributed by atoms with Gasteiger partial charge in [0, 0.05) is 18.1 Å². The molecule has 5 nitrogen and oxygen atoms in total. The van der Waals surface area contributed by atoms with Crippen LogP contribution in [0.25, 0.3) is 0 Å². The number of anilines is 1. The van der Waals surface area contributed by atoms with Gasteiger partial charge in [0.05, 0.1) is 17.6 Å². The van der Waals surface area contributed by atoms with Crippen molar-refractivity contribution in [2.75, 3.05) is 18.0 Å². The highest BCUT2D eigenvalue weighted by molar-refractivity contribution is 6.31. The Morgan fingerprint density at radius 2 is 1.63 bits per heavy atom. The minimum atomic E-state index is -0.426. The third-order valence-corrected chi connectivity index (χ3v) is 6.13. The number of hydrazine groups is 1. The molecule has 138 valence electrons. The van der Waals surface area contributed by atoms with E-state index < -0.39 is 6.04 Å². The predicted octanol–water partition coefficient (Wildman–Crippen LogP) is 3.18. The van der Waals surface area contributed by atoms with Crippen molar-refractivity contribution in [3.63, 3.8) is 0 Å². The highest BCUT2D eigenvalue weighted by atomic mass is 35.5. The topological polar surface area (TPSA) is 43.9 Å². The smallest absolute Gasteiger partial charge is 0.253 e. The van der Waals surface area contributed by atoms with Gasteiger partial charge in [0.15, 0.2) is 0 Å². The minimum absolute atomic E-state index is 0.0984. The van der Waals surface area contributed by atoms with Crippen LogP contribution in [0.1, 0.15) is 23.6 Å². The van der Waals surface area contributed by atoms with Gasteiger partial charge in [-0.15, -0.1) is 0 Å². The van der Waals surface area contributed by atoms with Crippen LogP contribution in [-0.2, 0) is 9.59 Å². The summed E-state index contributed by atoms with van der Waals surface area (Å²) >= 11 is 6.10. The maximum atomic E-state index is 13.4. The van der Waals surface area contributed by atoms with Crippen LogP contribution in [0.4, 0.5) is 5.69 Å². The zero-order valence-corrected chi connectivity index (χ0v) is 15.8. The van der Waals surface area contributed by atoms with E-state index in [1.165, 1.54) is 10.5 Å². The lowest BCUT2D eigenvalue weighted by Gasteiger charge is -2.29. The van der Waals surface area contributed by atoms with Crippen LogP contribution in [0.5, 0.6) is 0 Å². The third kappa shape index (κ3) is 2.46. The number of aryl methyl sites for hydroxylation is 1. The van der Waals surface area contributed by atoms with Gasteiger partial charge in [-0.05, 0) is 37.1 Å². The molecule has 6 heteroatoms. The fourth-order valence-corrected chi connectivity index (χ4v) is 4.93. The quantitative estimate of drug-likeness (QED) is 0.749. The molecule has 27 heavy (non-hydrogen) atoms. The molecule has 0 radical (unpaired) electrons. The summed E-state index contributed by atoms with van der Waals surface area (Å²) < 4.78 is 0. The molecule has 2 aromatic carbocycles. The van der Waals surface area contributed by atoms with Crippen molar-refractivity contribution in [3.8, 4) is 0 Å². The summed E-state index contributed by atoms with van der Waals surface area (Å²) in [5.41, 5.74) is 2.83. The van der Waals surface area contributed by atoms with Gasteiger partial charge >= 0.3 is 0 Å². The number of halogens is 1. The Hall–Kier alpha value is -2.21. The van der Waals surface area contributed by atoms with Gasteiger partial charge < -0.3 is 0 Å². The van der Waals surface area contributed by atoms with E-state index in [2.05, 4.69) is 41.2 Å². The van der Waals surface area contributed by atoms with E-state index in [4.69, 9.17) is 11.6 Å². The van der Waals surface area contributed by atoms with Gasteiger partial charge in [-0.25, -0.2) is 14.9 Å². The Bertz CT molecular complexity index is 929. The standard InChI is InChI=1S/C21H20ClN3O2/c1-13-6-8-14(9-7-13)18-17-19(24-11-3-10-23(18)24)21(27)25(20(17)26)16-5-2-4-15(22)12-16/h2,4-9,12,17-19H,3,10-11H2,1H3/t17-,18+,19-/m1/s1. The molecule has 2 amide bonds. The number of hydrogen-bond donors (Lipinski definition) is 0. The number of fused-ring (bicyclic) bond motifs is 3. The van der Waals surface area contributed by atoms with Crippen LogP contribution in [-0.4, -0.2) is 41.0 Å². The number of imide groups is 1. The zero-order valence-electron chi connectivity index (χ0n) is 15.0. The number of carbonyl (C=O) groups excluding carboxylic acids is 2. The average Bonchev–Trinajstić information content (AvgIpc) is 3.28. The summed E-state index contributed by atoms with van der Waals surface area (Å²) in [6, 6.07) is 14.7. The Morgan fingerprint density at radius 3 is 2.33 bits per heavy atom. The number of amides is 2. The van der Waals surface area contributed by atoms with E-state index in [0.717, 1.165) is 25.1 Å². The molecule has 3 aliphatic rings. The first-order chi connectivity index (χ1) is 13.1.